The van der Waals surface area contributed by atoms with E-state index >= 15 is 0 Å². The minimum atomic E-state index is -0.240. The van der Waals surface area contributed by atoms with Crippen LogP contribution in [0.1, 0.15) is 51.5 Å². The summed E-state index contributed by atoms with van der Waals surface area (Å²) < 4.78 is 14.0. The average molecular weight is 517 g/mol. The number of aliphatic imine (C=N–C) groups is 2. The smallest absolute Gasteiger partial charge is 0.180 e. The molecular weight excluding hydrogens is 475 g/mol. The molecule has 3 aliphatic rings. The predicted octanol–water partition coefficient (Wildman–Crippen LogP) is 6.64. The first-order valence-electron chi connectivity index (χ1n) is 13.7. The second-order valence-corrected chi connectivity index (χ2v) is 10.4. The summed E-state index contributed by atoms with van der Waals surface area (Å²) >= 11 is 0. The first-order valence-corrected chi connectivity index (χ1v) is 13.7. The highest BCUT2D eigenvalue weighted by Crippen LogP contribution is 2.31. The number of halogens is 1. The topological polar surface area (TPSA) is 55.3 Å². The number of amidine groups is 1. The number of hydrogen-bond acceptors (Lipinski definition) is 5. The first kappa shape index (κ1) is 27.6. The van der Waals surface area contributed by atoms with E-state index in [1.165, 1.54) is 30.9 Å². The van der Waals surface area contributed by atoms with Gasteiger partial charge in [-0.05, 0) is 113 Å². The molecule has 202 valence electrons. The zero-order chi connectivity index (χ0) is 26.9. The molecule has 1 saturated heterocycles. The molecule has 1 fully saturated rings. The highest BCUT2D eigenvalue weighted by molar-refractivity contribution is 6.05. The summed E-state index contributed by atoms with van der Waals surface area (Å²) in [5.74, 6) is 1.29. The van der Waals surface area contributed by atoms with Crippen LogP contribution in [0, 0.1) is 12.8 Å². The van der Waals surface area contributed by atoms with Gasteiger partial charge in [0, 0.05) is 25.5 Å². The quantitative estimate of drug-likeness (QED) is 0.362. The molecule has 1 aromatic carbocycles. The number of hydrogen-bond donors (Lipinski definition) is 2. The van der Waals surface area contributed by atoms with Crippen molar-refractivity contribution in [2.75, 3.05) is 31.6 Å². The lowest BCUT2D eigenvalue weighted by atomic mass is 9.89. The van der Waals surface area contributed by atoms with Crippen molar-refractivity contribution in [2.45, 2.75) is 52.9 Å². The van der Waals surface area contributed by atoms with E-state index in [0.29, 0.717) is 6.54 Å². The van der Waals surface area contributed by atoms with Crippen molar-refractivity contribution in [3.05, 3.63) is 83.0 Å². The molecule has 7 heteroatoms. The summed E-state index contributed by atoms with van der Waals surface area (Å²) in [6.07, 6.45) is 18.3. The van der Waals surface area contributed by atoms with Crippen LogP contribution in [-0.2, 0) is 0 Å². The Hall–Kier alpha value is -3.45. The van der Waals surface area contributed by atoms with Crippen molar-refractivity contribution in [1.82, 2.24) is 15.8 Å². The largest absolute Gasteiger partial charge is 0.370 e. The summed E-state index contributed by atoms with van der Waals surface area (Å²) in [6, 6.07) is 6.22. The van der Waals surface area contributed by atoms with Gasteiger partial charge in [-0.1, -0.05) is 23.8 Å². The summed E-state index contributed by atoms with van der Waals surface area (Å²) in [7, 11) is 2.03. The van der Waals surface area contributed by atoms with Crippen LogP contribution in [0.15, 0.2) is 87.4 Å². The number of piperidine rings is 1. The summed E-state index contributed by atoms with van der Waals surface area (Å²) in [6.45, 7) is 8.81. The fraction of sp³-hybridized carbons (Fsp3) is 0.419. The van der Waals surface area contributed by atoms with Gasteiger partial charge in [0.1, 0.15) is 17.9 Å². The molecule has 0 aromatic heterocycles. The second-order valence-electron chi connectivity index (χ2n) is 10.4. The Morgan fingerprint density at radius 3 is 2.87 bits per heavy atom. The number of rotatable bonds is 9. The van der Waals surface area contributed by atoms with Gasteiger partial charge < -0.3 is 10.2 Å². The number of benzene rings is 1. The lowest BCUT2D eigenvalue weighted by molar-refractivity contribution is 0.350. The Morgan fingerprint density at radius 2 is 2.11 bits per heavy atom. The normalized spacial score (nSPS) is 19.9. The van der Waals surface area contributed by atoms with E-state index in [1.54, 1.807) is 18.5 Å². The van der Waals surface area contributed by atoms with Crippen LogP contribution in [0.3, 0.4) is 0 Å². The van der Waals surface area contributed by atoms with Crippen LogP contribution in [0.25, 0.3) is 0 Å². The second kappa shape index (κ2) is 13.4. The van der Waals surface area contributed by atoms with Crippen molar-refractivity contribution >= 4 is 23.5 Å². The SMILES string of the molecule is C\C=C/C=C(F)\C=C(/C)CN(C)c1ccc(N=C2N=CNN3C=CCC(CCC4CCNCC4)=C23)cc1C. The van der Waals surface area contributed by atoms with E-state index in [-0.39, 0.29) is 5.83 Å². The number of aryl methyl sites for hydroxylation is 1. The van der Waals surface area contributed by atoms with Crippen LogP contribution in [0.2, 0.25) is 0 Å². The van der Waals surface area contributed by atoms with Crippen LogP contribution < -0.4 is 15.6 Å². The monoisotopic (exact) mass is 516 g/mol. The minimum Gasteiger partial charge on any atom is -0.370 e. The zero-order valence-corrected chi connectivity index (χ0v) is 23.2. The van der Waals surface area contributed by atoms with Crippen LogP contribution in [-0.4, -0.2) is 43.9 Å². The van der Waals surface area contributed by atoms with E-state index in [4.69, 9.17) is 4.99 Å². The number of hydrazine groups is 1. The van der Waals surface area contributed by atoms with Crippen molar-refractivity contribution < 1.29 is 4.39 Å². The van der Waals surface area contributed by atoms with E-state index in [9.17, 15) is 4.39 Å². The van der Waals surface area contributed by atoms with Gasteiger partial charge in [0.15, 0.2) is 5.84 Å². The molecule has 3 aliphatic heterocycles. The Kier molecular flexibility index (Phi) is 9.71. The van der Waals surface area contributed by atoms with E-state index in [1.807, 2.05) is 38.0 Å². The van der Waals surface area contributed by atoms with Gasteiger partial charge in [0.05, 0.1) is 5.69 Å². The Labute approximate surface area is 227 Å². The maximum Gasteiger partial charge on any atom is 0.180 e. The summed E-state index contributed by atoms with van der Waals surface area (Å²) in [5.41, 5.74) is 9.75. The Bertz CT molecular complexity index is 1200. The lowest BCUT2D eigenvalue weighted by Crippen LogP contribution is -2.40. The molecule has 0 aliphatic carbocycles. The van der Waals surface area contributed by atoms with Gasteiger partial charge in [-0.15, -0.1) is 0 Å². The van der Waals surface area contributed by atoms with Crippen LogP contribution in [0.5, 0.6) is 0 Å². The third-order valence-corrected chi connectivity index (χ3v) is 7.25. The van der Waals surface area contributed by atoms with E-state index in [2.05, 4.69) is 52.0 Å². The third kappa shape index (κ3) is 7.32. The van der Waals surface area contributed by atoms with Crippen molar-refractivity contribution in [3.63, 3.8) is 0 Å². The number of allylic oxidation sites excluding steroid dienone is 7. The molecule has 4 rings (SSSR count). The molecule has 0 saturated carbocycles. The standard InChI is InChI=1S/C31H41FN6/c1-5-6-9-27(32)19-23(2)21-37(4)29-13-12-28(20-24(29)3)36-31-30-26(8-7-18-38(30)35-22-34-31)11-10-25-14-16-33-17-15-25/h5-7,9,12-13,18-20,22,25,33H,8,10-11,14-17,21H2,1-4H3,(H,34,35,36)/b6-5-,23-19+,27-9+. The number of nitrogens with zero attached hydrogens (tertiary/aromatic N) is 4. The fourth-order valence-corrected chi connectivity index (χ4v) is 5.32. The predicted molar refractivity (Wildman–Crippen MR) is 158 cm³/mol. The van der Waals surface area contributed by atoms with Gasteiger partial charge in [-0.2, -0.15) is 0 Å². The lowest BCUT2D eigenvalue weighted by Gasteiger charge is -2.32. The number of fused-ring (bicyclic) bond motifs is 1. The van der Waals surface area contributed by atoms with Crippen LogP contribution in [0.4, 0.5) is 15.8 Å². The van der Waals surface area contributed by atoms with E-state index < -0.39 is 0 Å². The Balaban J connectivity index is 1.51. The van der Waals surface area contributed by atoms with E-state index in [0.717, 1.165) is 65.9 Å². The van der Waals surface area contributed by atoms with Gasteiger partial charge >= 0.3 is 0 Å². The molecule has 0 spiro atoms. The number of anilines is 1. The molecule has 0 radical (unpaired) electrons. The highest BCUT2D eigenvalue weighted by atomic mass is 19.1. The molecule has 38 heavy (non-hydrogen) atoms. The third-order valence-electron chi connectivity index (χ3n) is 7.25. The zero-order valence-electron chi connectivity index (χ0n) is 23.2. The molecule has 1 aromatic rings. The maximum absolute atomic E-state index is 14.0. The fourth-order valence-electron chi connectivity index (χ4n) is 5.32. The molecule has 0 unspecified atom stereocenters. The minimum absolute atomic E-state index is 0.240. The van der Waals surface area contributed by atoms with Gasteiger partial charge in [0.2, 0.25) is 0 Å². The molecule has 6 nitrogen and oxygen atoms in total. The maximum atomic E-state index is 14.0. The van der Waals surface area contributed by atoms with Crippen molar-refractivity contribution in [3.8, 4) is 0 Å². The van der Waals surface area contributed by atoms with Gasteiger partial charge in [-0.3, -0.25) is 10.4 Å². The number of nitrogens with one attached hydrogen (secondary N) is 2. The highest BCUT2D eigenvalue weighted by Gasteiger charge is 2.25. The molecule has 3 heterocycles. The molecule has 0 atom stereocenters. The van der Waals surface area contributed by atoms with Crippen molar-refractivity contribution in [2.24, 2.45) is 15.9 Å². The average Bonchev–Trinajstić information content (AvgIpc) is 2.91. The van der Waals surface area contributed by atoms with Crippen LogP contribution >= 0.6 is 0 Å². The molecule has 0 bridgehead atoms. The summed E-state index contributed by atoms with van der Waals surface area (Å²) in [5, 5.41) is 5.51. The molecular formula is C31H41FN6. The number of likely N-dealkylation sites (N-methyl/N-ethyl adjacent to an activating group) is 1. The van der Waals surface area contributed by atoms with Gasteiger partial charge in [0.25, 0.3) is 0 Å². The van der Waals surface area contributed by atoms with Crippen molar-refractivity contribution in [1.29, 1.82) is 0 Å². The Morgan fingerprint density at radius 1 is 1.29 bits per heavy atom. The van der Waals surface area contributed by atoms with Gasteiger partial charge in [-0.25, -0.2) is 14.4 Å². The first-order chi connectivity index (χ1) is 18.4. The molecule has 0 amide bonds. The molecule has 2 N–H and O–H groups in total. The summed E-state index contributed by atoms with van der Waals surface area (Å²) in [4.78, 5) is 11.8.